The highest BCUT2D eigenvalue weighted by atomic mass is 16.5. The number of rotatable bonds is 6. The smallest absolute Gasteiger partial charge is 0.199 e. The fourth-order valence-corrected chi connectivity index (χ4v) is 0.545. The molecular weight excluding hydrogens is 356 g/mol. The summed E-state index contributed by atoms with van der Waals surface area (Å²) in [5.74, 6) is 5.10. The Morgan fingerprint density at radius 1 is 0.577 bits per heavy atom. The minimum absolute atomic E-state index is 0.611. The van der Waals surface area contributed by atoms with Crippen molar-refractivity contribution >= 4 is 0 Å². The van der Waals surface area contributed by atoms with Gasteiger partial charge in [-0.1, -0.05) is 17.8 Å². The van der Waals surface area contributed by atoms with Gasteiger partial charge < -0.3 is 56.2 Å². The lowest BCUT2D eigenvalue weighted by atomic mass is 10.1. The van der Waals surface area contributed by atoms with Crippen LogP contribution in [0.2, 0.25) is 0 Å². The van der Waals surface area contributed by atoms with Gasteiger partial charge in [0.15, 0.2) is 29.4 Å². The molecule has 0 aliphatic carbocycles. The fourth-order valence-electron chi connectivity index (χ4n) is 0.545. The Hall–Kier alpha value is -1.76. The summed E-state index contributed by atoms with van der Waals surface area (Å²) in [5.41, 5.74) is -6.18. The van der Waals surface area contributed by atoms with E-state index in [2.05, 4.69) is 12.8 Å². The molecule has 0 rings (SSSR count). The van der Waals surface area contributed by atoms with Crippen LogP contribution in [0, 0.1) is 37.0 Å². The summed E-state index contributed by atoms with van der Waals surface area (Å²) in [6.07, 6.45) is 9.78. The first kappa shape index (κ1) is 29.0. The number of terminal acetylenes is 3. The van der Waals surface area contributed by atoms with E-state index in [0.29, 0.717) is 0 Å². The van der Waals surface area contributed by atoms with Crippen LogP contribution in [0.1, 0.15) is 0 Å². The Kier molecular flexibility index (Phi) is 15.0. The van der Waals surface area contributed by atoms with Crippen molar-refractivity contribution in [3.63, 3.8) is 0 Å². The molecule has 26 heavy (non-hydrogen) atoms. The SMILES string of the molecule is C#CC(O)(CO)CO.C#C[C@@](O)(CO)C(O)O.C#C[C@](O)(CO)C(O)O. The molecule has 0 saturated carbocycles. The van der Waals surface area contributed by atoms with E-state index in [9.17, 15) is 0 Å². The molecule has 0 unspecified atom stereocenters. The molecule has 0 saturated heterocycles. The second kappa shape index (κ2) is 13.4. The predicted octanol–water partition coefficient (Wildman–Crippen LogP) is -6.36. The third kappa shape index (κ3) is 10.3. The van der Waals surface area contributed by atoms with Crippen LogP contribution in [0.4, 0.5) is 0 Å². The van der Waals surface area contributed by atoms with Gasteiger partial charge in [0.05, 0.1) is 26.4 Å². The molecule has 0 fully saturated rings. The Bertz CT molecular complexity index is 463. The van der Waals surface area contributed by atoms with E-state index >= 15 is 0 Å². The van der Waals surface area contributed by atoms with E-state index in [0.717, 1.165) is 0 Å². The molecule has 0 heterocycles. The summed E-state index contributed by atoms with van der Waals surface area (Å²) in [6, 6.07) is 0. The molecule has 0 radical (unpaired) electrons. The van der Waals surface area contributed by atoms with E-state index in [4.69, 9.17) is 62.6 Å². The van der Waals surface area contributed by atoms with Gasteiger partial charge in [0.2, 0.25) is 0 Å². The van der Waals surface area contributed by atoms with Crippen molar-refractivity contribution in [2.75, 3.05) is 26.4 Å². The molecule has 0 aromatic rings. The number of hydrogen-bond donors (Lipinski definition) is 11. The zero-order chi connectivity index (χ0) is 21.6. The number of aliphatic hydroxyl groups is 11. The molecule has 2 atom stereocenters. The van der Waals surface area contributed by atoms with Gasteiger partial charge in [-0.3, -0.25) is 0 Å². The first-order valence-electron chi connectivity index (χ1n) is 6.58. The minimum Gasteiger partial charge on any atom is -0.392 e. The molecular formula is C15H24O11. The molecule has 150 valence electrons. The third-order valence-corrected chi connectivity index (χ3v) is 2.63. The van der Waals surface area contributed by atoms with Crippen LogP contribution < -0.4 is 0 Å². The van der Waals surface area contributed by atoms with E-state index in [1.165, 1.54) is 0 Å². The lowest BCUT2D eigenvalue weighted by molar-refractivity contribution is -0.170. The standard InChI is InChI=1S/2C5H8O4.C5H8O3/c2*1-2-5(9,3-6)4(7)8;1-2-5(8,3-6)4-7/h2*1,4,6-9H,3H2;1,6-8H,3-4H2/t2*5-;/m10./s1. The zero-order valence-corrected chi connectivity index (χ0v) is 13.6. The Balaban J connectivity index is -0.000000306. The van der Waals surface area contributed by atoms with Crippen molar-refractivity contribution in [2.45, 2.75) is 29.4 Å². The summed E-state index contributed by atoms with van der Waals surface area (Å²) in [4.78, 5) is 0. The average Bonchev–Trinajstić information content (AvgIpc) is 2.66. The van der Waals surface area contributed by atoms with Crippen LogP contribution >= 0.6 is 0 Å². The summed E-state index contributed by atoms with van der Waals surface area (Å²) in [6.45, 7) is -2.97. The maximum absolute atomic E-state index is 8.72. The fraction of sp³-hybridized carbons (Fsp3) is 0.600. The predicted molar refractivity (Wildman–Crippen MR) is 86.1 cm³/mol. The molecule has 0 aromatic heterocycles. The van der Waals surface area contributed by atoms with Crippen molar-refractivity contribution < 1.29 is 56.2 Å². The summed E-state index contributed by atoms with van der Waals surface area (Å²) >= 11 is 0. The molecule has 0 amide bonds. The summed E-state index contributed by atoms with van der Waals surface area (Å²) in [7, 11) is 0. The van der Waals surface area contributed by atoms with E-state index in [-0.39, 0.29) is 0 Å². The maximum atomic E-state index is 8.72. The van der Waals surface area contributed by atoms with Gasteiger partial charge >= 0.3 is 0 Å². The van der Waals surface area contributed by atoms with Crippen LogP contribution in [0.25, 0.3) is 0 Å². The topological polar surface area (TPSA) is 223 Å². The molecule has 0 spiro atoms. The quantitative estimate of drug-likeness (QED) is 0.153. The van der Waals surface area contributed by atoms with Crippen molar-refractivity contribution in [2.24, 2.45) is 0 Å². The van der Waals surface area contributed by atoms with Crippen LogP contribution in [-0.2, 0) is 0 Å². The highest BCUT2D eigenvalue weighted by Gasteiger charge is 2.31. The van der Waals surface area contributed by atoms with Gasteiger partial charge in [0.1, 0.15) is 0 Å². The van der Waals surface area contributed by atoms with Crippen molar-refractivity contribution in [3.05, 3.63) is 0 Å². The summed E-state index contributed by atoms with van der Waals surface area (Å²) < 4.78 is 0. The van der Waals surface area contributed by atoms with Crippen LogP contribution in [0.15, 0.2) is 0 Å². The van der Waals surface area contributed by atoms with Gasteiger partial charge in [0.25, 0.3) is 0 Å². The average molecular weight is 380 g/mol. The Morgan fingerprint density at radius 3 is 0.846 bits per heavy atom. The normalized spacial score (nSPS) is 15.0. The second-order valence-electron chi connectivity index (χ2n) is 4.69. The van der Waals surface area contributed by atoms with Gasteiger partial charge in [0, 0.05) is 0 Å². The lowest BCUT2D eigenvalue weighted by Crippen LogP contribution is -2.44. The summed E-state index contributed by atoms with van der Waals surface area (Å²) in [5, 5.41) is 92.2. The van der Waals surface area contributed by atoms with Crippen molar-refractivity contribution in [1.82, 2.24) is 0 Å². The molecule has 0 aliphatic rings. The van der Waals surface area contributed by atoms with Crippen molar-refractivity contribution in [3.8, 4) is 37.0 Å². The second-order valence-corrected chi connectivity index (χ2v) is 4.69. The Labute approximate surface area is 150 Å². The maximum Gasteiger partial charge on any atom is 0.199 e. The third-order valence-electron chi connectivity index (χ3n) is 2.63. The van der Waals surface area contributed by atoms with Gasteiger partial charge in [-0.25, -0.2) is 0 Å². The molecule has 0 aromatic carbocycles. The molecule has 11 heteroatoms. The molecule has 11 nitrogen and oxygen atoms in total. The highest BCUT2D eigenvalue weighted by molar-refractivity contribution is 5.09. The minimum atomic E-state index is -2.22. The van der Waals surface area contributed by atoms with Crippen LogP contribution in [0.3, 0.4) is 0 Å². The van der Waals surface area contributed by atoms with E-state index in [1.807, 2.05) is 5.92 Å². The zero-order valence-electron chi connectivity index (χ0n) is 13.6. The molecule has 0 aliphatic heterocycles. The van der Waals surface area contributed by atoms with Gasteiger partial charge in [-0.05, 0) is 0 Å². The number of aliphatic hydroxyl groups excluding tert-OH is 6. The van der Waals surface area contributed by atoms with E-state index < -0.39 is 55.8 Å². The van der Waals surface area contributed by atoms with Gasteiger partial charge in [-0.2, -0.15) is 0 Å². The van der Waals surface area contributed by atoms with E-state index in [1.54, 1.807) is 11.8 Å². The first-order chi connectivity index (χ1) is 11.8. The van der Waals surface area contributed by atoms with Crippen molar-refractivity contribution in [1.29, 1.82) is 0 Å². The first-order valence-corrected chi connectivity index (χ1v) is 6.58. The largest absolute Gasteiger partial charge is 0.392 e. The van der Waals surface area contributed by atoms with Gasteiger partial charge in [-0.15, -0.1) is 19.3 Å². The monoisotopic (exact) mass is 380 g/mol. The molecule has 0 bridgehead atoms. The molecule has 11 N–H and O–H groups in total. The Morgan fingerprint density at radius 2 is 0.846 bits per heavy atom. The number of hydrogen-bond acceptors (Lipinski definition) is 11. The van der Waals surface area contributed by atoms with Crippen LogP contribution in [0.5, 0.6) is 0 Å². The highest BCUT2D eigenvalue weighted by Crippen LogP contribution is 2.05. The van der Waals surface area contributed by atoms with Crippen LogP contribution in [-0.4, -0.2) is 112 Å². The lowest BCUT2D eigenvalue weighted by Gasteiger charge is -2.20.